The summed E-state index contributed by atoms with van der Waals surface area (Å²) in [5.41, 5.74) is 8.88. The van der Waals surface area contributed by atoms with Crippen molar-refractivity contribution in [2.45, 2.75) is 0 Å². The zero-order valence-electron chi connectivity index (χ0n) is 27.5. The molecule has 0 aliphatic heterocycles. The van der Waals surface area contributed by atoms with Crippen LogP contribution in [0.1, 0.15) is 0 Å². The lowest BCUT2D eigenvalue weighted by Gasteiger charge is -2.14. The van der Waals surface area contributed by atoms with E-state index < -0.39 is 0 Å². The van der Waals surface area contributed by atoms with Crippen molar-refractivity contribution in [1.29, 1.82) is 0 Å². The monoisotopic (exact) mass is 651 g/mol. The van der Waals surface area contributed by atoms with Gasteiger partial charge in [0.25, 0.3) is 0 Å². The molecule has 0 spiro atoms. The number of fused-ring (bicyclic) bond motifs is 5. The molecule has 0 atom stereocenters. The molecule has 10 aromatic rings. The van der Waals surface area contributed by atoms with Crippen LogP contribution >= 0.6 is 0 Å². The van der Waals surface area contributed by atoms with Crippen molar-refractivity contribution in [3.05, 3.63) is 176 Å². The molecule has 2 aromatic heterocycles. The Morgan fingerprint density at radius 1 is 0.314 bits per heavy atom. The van der Waals surface area contributed by atoms with Crippen LogP contribution in [-0.2, 0) is 0 Å². The summed E-state index contributed by atoms with van der Waals surface area (Å²) < 4.78 is 6.75. The Balaban J connectivity index is 1.29. The van der Waals surface area contributed by atoms with Gasteiger partial charge >= 0.3 is 0 Å². The third kappa shape index (κ3) is 5.04. The molecule has 2 heterocycles. The number of hydrogen-bond donors (Lipinski definition) is 0. The SMILES string of the molecule is c1ccc(-c2nc(-c3ccccc3)nc(-c3cc(-c4ccc(-c5ccccc5)c5ccccc45)cc4oc5cc6ccccc6cc5c34)n2)cc1. The first-order chi connectivity index (χ1) is 25.3. The largest absolute Gasteiger partial charge is 0.456 e. The molecule has 4 nitrogen and oxygen atoms in total. The fourth-order valence-electron chi connectivity index (χ4n) is 7.27. The van der Waals surface area contributed by atoms with Crippen molar-refractivity contribution >= 4 is 43.5 Å². The highest BCUT2D eigenvalue weighted by molar-refractivity contribution is 6.17. The summed E-state index contributed by atoms with van der Waals surface area (Å²) in [4.78, 5) is 15.4. The van der Waals surface area contributed by atoms with E-state index in [9.17, 15) is 0 Å². The van der Waals surface area contributed by atoms with Gasteiger partial charge in [-0.05, 0) is 68.1 Å². The topological polar surface area (TPSA) is 51.8 Å². The van der Waals surface area contributed by atoms with Gasteiger partial charge in [-0.25, -0.2) is 15.0 Å². The normalized spacial score (nSPS) is 11.5. The van der Waals surface area contributed by atoms with E-state index in [1.807, 2.05) is 60.7 Å². The maximum Gasteiger partial charge on any atom is 0.164 e. The first kappa shape index (κ1) is 29.0. The van der Waals surface area contributed by atoms with Crippen LogP contribution in [0.15, 0.2) is 180 Å². The standard InChI is InChI=1S/C47H29N3O/c1-4-14-30(15-5-1)36-24-25-37(39-23-13-12-22-38(36)39)35-27-41(44-40-26-33-20-10-11-21-34(33)28-42(40)51-43(44)29-35)47-49-45(31-16-6-2-7-17-31)48-46(50-47)32-18-8-3-9-19-32/h1-29H. The molecule has 0 aliphatic carbocycles. The quantitative estimate of drug-likeness (QED) is 0.186. The molecule has 51 heavy (non-hydrogen) atoms. The van der Waals surface area contributed by atoms with E-state index >= 15 is 0 Å². The van der Waals surface area contributed by atoms with Crippen LogP contribution in [0.2, 0.25) is 0 Å². The van der Waals surface area contributed by atoms with Crippen LogP contribution in [0.5, 0.6) is 0 Å². The number of rotatable bonds is 5. The van der Waals surface area contributed by atoms with Gasteiger partial charge in [0.1, 0.15) is 11.2 Å². The smallest absolute Gasteiger partial charge is 0.164 e. The molecule has 0 bridgehead atoms. The Morgan fingerprint density at radius 3 is 1.41 bits per heavy atom. The minimum Gasteiger partial charge on any atom is -0.456 e. The molecule has 8 aromatic carbocycles. The van der Waals surface area contributed by atoms with E-state index in [1.54, 1.807) is 0 Å². The zero-order valence-corrected chi connectivity index (χ0v) is 27.5. The molecular weight excluding hydrogens is 623 g/mol. The van der Waals surface area contributed by atoms with Crippen LogP contribution in [0.3, 0.4) is 0 Å². The predicted octanol–water partition coefficient (Wildman–Crippen LogP) is 12.4. The molecule has 0 radical (unpaired) electrons. The van der Waals surface area contributed by atoms with Gasteiger partial charge in [0.15, 0.2) is 17.5 Å². The number of hydrogen-bond acceptors (Lipinski definition) is 4. The molecular formula is C47H29N3O. The second kappa shape index (κ2) is 11.9. The first-order valence-electron chi connectivity index (χ1n) is 17.1. The Labute approximate surface area is 294 Å². The van der Waals surface area contributed by atoms with Crippen LogP contribution < -0.4 is 0 Å². The molecule has 0 aliphatic rings. The molecule has 0 fully saturated rings. The molecule has 0 saturated heterocycles. The highest BCUT2D eigenvalue weighted by atomic mass is 16.3. The van der Waals surface area contributed by atoms with Gasteiger partial charge in [-0.15, -0.1) is 0 Å². The zero-order chi connectivity index (χ0) is 33.7. The Morgan fingerprint density at radius 2 is 0.804 bits per heavy atom. The van der Waals surface area contributed by atoms with E-state index in [-0.39, 0.29) is 0 Å². The fraction of sp³-hybridized carbons (Fsp3) is 0. The van der Waals surface area contributed by atoms with Gasteiger partial charge < -0.3 is 4.42 Å². The fourth-order valence-corrected chi connectivity index (χ4v) is 7.27. The average molecular weight is 652 g/mol. The summed E-state index contributed by atoms with van der Waals surface area (Å²) in [5.74, 6) is 1.83. The van der Waals surface area contributed by atoms with E-state index in [2.05, 4.69) is 115 Å². The minimum absolute atomic E-state index is 0.593. The predicted molar refractivity (Wildman–Crippen MR) is 209 cm³/mol. The molecule has 4 heteroatoms. The van der Waals surface area contributed by atoms with Gasteiger partial charge in [0.05, 0.1) is 0 Å². The maximum absolute atomic E-state index is 6.75. The Bertz CT molecular complexity index is 2840. The summed E-state index contributed by atoms with van der Waals surface area (Å²) in [5, 5.41) is 6.64. The molecule has 10 rings (SSSR count). The minimum atomic E-state index is 0.593. The maximum atomic E-state index is 6.75. The van der Waals surface area contributed by atoms with Crippen molar-refractivity contribution in [3.8, 4) is 56.4 Å². The lowest BCUT2D eigenvalue weighted by atomic mass is 9.90. The van der Waals surface area contributed by atoms with E-state index in [1.165, 1.54) is 16.5 Å². The third-order valence-electron chi connectivity index (χ3n) is 9.70. The van der Waals surface area contributed by atoms with E-state index in [0.29, 0.717) is 17.5 Å². The summed E-state index contributed by atoms with van der Waals surface area (Å²) in [6.07, 6.45) is 0. The van der Waals surface area contributed by atoms with Crippen molar-refractivity contribution in [2.24, 2.45) is 0 Å². The van der Waals surface area contributed by atoms with Gasteiger partial charge in [-0.2, -0.15) is 0 Å². The van der Waals surface area contributed by atoms with Gasteiger partial charge in [0.2, 0.25) is 0 Å². The van der Waals surface area contributed by atoms with Crippen LogP contribution in [0.25, 0.3) is 99.9 Å². The average Bonchev–Trinajstić information content (AvgIpc) is 3.57. The van der Waals surface area contributed by atoms with Crippen molar-refractivity contribution in [1.82, 2.24) is 15.0 Å². The number of benzene rings is 8. The van der Waals surface area contributed by atoms with E-state index in [0.717, 1.165) is 65.9 Å². The summed E-state index contributed by atoms with van der Waals surface area (Å²) in [6.45, 7) is 0. The highest BCUT2D eigenvalue weighted by Gasteiger charge is 2.21. The lowest BCUT2D eigenvalue weighted by Crippen LogP contribution is -2.00. The summed E-state index contributed by atoms with van der Waals surface area (Å²) in [7, 11) is 0. The Kier molecular flexibility index (Phi) is 6.78. The first-order valence-corrected chi connectivity index (χ1v) is 17.1. The second-order valence-electron chi connectivity index (χ2n) is 12.8. The van der Waals surface area contributed by atoms with Crippen molar-refractivity contribution in [2.75, 3.05) is 0 Å². The highest BCUT2D eigenvalue weighted by Crippen LogP contribution is 2.43. The van der Waals surface area contributed by atoms with Gasteiger partial charge in [0, 0.05) is 27.5 Å². The second-order valence-corrected chi connectivity index (χ2v) is 12.8. The number of nitrogens with zero attached hydrogens (tertiary/aromatic N) is 3. The van der Waals surface area contributed by atoms with E-state index in [4.69, 9.17) is 19.4 Å². The van der Waals surface area contributed by atoms with Crippen LogP contribution in [0, 0.1) is 0 Å². The van der Waals surface area contributed by atoms with Crippen LogP contribution in [-0.4, -0.2) is 15.0 Å². The molecule has 238 valence electrons. The molecule has 0 amide bonds. The Hall–Kier alpha value is -6.91. The molecule has 0 saturated carbocycles. The lowest BCUT2D eigenvalue weighted by molar-refractivity contribution is 0.669. The van der Waals surface area contributed by atoms with Crippen LogP contribution in [0.4, 0.5) is 0 Å². The van der Waals surface area contributed by atoms with Crippen molar-refractivity contribution < 1.29 is 4.42 Å². The third-order valence-corrected chi connectivity index (χ3v) is 9.70. The molecule has 0 unspecified atom stereocenters. The number of furan rings is 1. The van der Waals surface area contributed by atoms with Gasteiger partial charge in [-0.1, -0.05) is 152 Å². The summed E-state index contributed by atoms with van der Waals surface area (Å²) >= 11 is 0. The van der Waals surface area contributed by atoms with Crippen molar-refractivity contribution in [3.63, 3.8) is 0 Å². The van der Waals surface area contributed by atoms with Gasteiger partial charge in [-0.3, -0.25) is 0 Å². The number of aromatic nitrogens is 3. The molecule has 0 N–H and O–H groups in total. The summed E-state index contributed by atoms with van der Waals surface area (Å²) in [6, 6.07) is 61.0.